The first-order valence-corrected chi connectivity index (χ1v) is 26.6. The second kappa shape index (κ2) is 24.9. The number of carbonyl (C=O) groups excluding carboxylic acids is 1. The van der Waals surface area contributed by atoms with Gasteiger partial charge in [0.2, 0.25) is 10.0 Å². The fourth-order valence-corrected chi connectivity index (χ4v) is 10.9. The summed E-state index contributed by atoms with van der Waals surface area (Å²) in [5.41, 5.74) is 5.67. The van der Waals surface area contributed by atoms with Crippen LogP contribution in [-0.4, -0.2) is 83.3 Å². The van der Waals surface area contributed by atoms with Gasteiger partial charge in [0.1, 0.15) is 35.2 Å². The van der Waals surface area contributed by atoms with Gasteiger partial charge in [-0.2, -0.15) is 4.31 Å². The van der Waals surface area contributed by atoms with E-state index in [0.29, 0.717) is 54.1 Å². The van der Waals surface area contributed by atoms with E-state index in [9.17, 15) is 13.2 Å². The molecule has 5 aromatic rings. The maximum atomic E-state index is 14.4. The molecule has 0 bridgehead atoms. The number of nitrogens with zero attached hydrogens (tertiary/aromatic N) is 2. The summed E-state index contributed by atoms with van der Waals surface area (Å²) in [7, 11) is 1.03. The topological polar surface area (TPSA) is 122 Å². The minimum Gasteiger partial charge on any atom is -0.497 e. The highest BCUT2D eigenvalue weighted by atomic mass is 35.5. The van der Waals surface area contributed by atoms with Gasteiger partial charge in [0, 0.05) is 37.8 Å². The van der Waals surface area contributed by atoms with Crippen LogP contribution in [0.1, 0.15) is 98.0 Å². The van der Waals surface area contributed by atoms with Gasteiger partial charge in [-0.05, 0) is 173 Å². The lowest BCUT2D eigenvalue weighted by Gasteiger charge is -2.44. The Morgan fingerprint density at radius 2 is 1.41 bits per heavy atom. The number of methoxy groups -OCH3 is 3. The molecule has 1 saturated carbocycles. The number of ether oxygens (including phenoxy) is 7. The van der Waals surface area contributed by atoms with Gasteiger partial charge in [0.15, 0.2) is 0 Å². The first-order valence-electron chi connectivity index (χ1n) is 24.7. The van der Waals surface area contributed by atoms with Crippen molar-refractivity contribution < 1.29 is 46.4 Å². The van der Waals surface area contributed by atoms with E-state index < -0.39 is 20.9 Å². The summed E-state index contributed by atoms with van der Waals surface area (Å²) in [5.74, 6) is 2.95. The van der Waals surface area contributed by atoms with E-state index in [1.807, 2.05) is 124 Å². The Kier molecular flexibility index (Phi) is 18.7. The number of carbonyl (C=O) groups is 1. The lowest BCUT2D eigenvalue weighted by Crippen LogP contribution is -2.45. The normalized spacial score (nSPS) is 17.1. The molecule has 4 atom stereocenters. The highest BCUT2D eigenvalue weighted by Crippen LogP contribution is 2.42. The Hall–Kier alpha value is -5.31. The molecule has 14 heteroatoms. The molecular weight excluding hydrogens is 940 g/mol. The van der Waals surface area contributed by atoms with Crippen LogP contribution >= 0.6 is 11.6 Å². The van der Waals surface area contributed by atoms with Crippen molar-refractivity contribution in [3.63, 3.8) is 0 Å². The molecule has 0 amide bonds. The van der Waals surface area contributed by atoms with Crippen LogP contribution in [0.3, 0.4) is 0 Å². The first kappa shape index (κ1) is 53.5. The summed E-state index contributed by atoms with van der Waals surface area (Å²) in [6, 6.07) is 34.4. The van der Waals surface area contributed by atoms with E-state index in [1.54, 1.807) is 34.3 Å². The minimum absolute atomic E-state index is 0.0178. The van der Waals surface area contributed by atoms with Crippen LogP contribution in [0.25, 0.3) is 0 Å². The molecule has 7 rings (SSSR count). The van der Waals surface area contributed by atoms with Crippen LogP contribution in [-0.2, 0) is 57.0 Å². The standard InChI is InChI=1S/C57H71ClN2O10S/c1-40(71(62,63)60(34-41-11-21-49(64-5)22-12-41)35-42-13-23-50(65-6)24-14-42)37-67-31-29-54(68-38-43-15-25-51(66-7)26-16-43)52-27-18-46(52)36-59-30-9-8-10-44-32-48(58)20-17-47(44)39-69-55-28-19-45(33-53(55)59)56(61)70-57(2,3)4/h11-17,19-26,28,32-33,40,46,52,54H,8-10,18,27,29-31,34-39H2,1-7H3/t40-,46+,52-,54+/m1/s1. The van der Waals surface area contributed by atoms with Crippen LogP contribution in [0.5, 0.6) is 23.0 Å². The summed E-state index contributed by atoms with van der Waals surface area (Å²) in [6.45, 7) is 10.3. The zero-order valence-corrected chi connectivity index (χ0v) is 43.9. The van der Waals surface area contributed by atoms with Crippen LogP contribution in [0, 0.1) is 11.8 Å². The van der Waals surface area contributed by atoms with Gasteiger partial charge in [-0.1, -0.05) is 54.1 Å². The van der Waals surface area contributed by atoms with Gasteiger partial charge in [-0.3, -0.25) is 0 Å². The predicted molar refractivity (Wildman–Crippen MR) is 279 cm³/mol. The molecule has 12 nitrogen and oxygen atoms in total. The Balaban J connectivity index is 1.08. The Labute approximate surface area is 426 Å². The third kappa shape index (κ3) is 14.9. The van der Waals surface area contributed by atoms with Gasteiger partial charge < -0.3 is 38.1 Å². The van der Waals surface area contributed by atoms with E-state index in [4.69, 9.17) is 44.8 Å². The summed E-state index contributed by atoms with van der Waals surface area (Å²) in [5, 5.41) is -0.114. The molecule has 5 aromatic carbocycles. The quantitative estimate of drug-likeness (QED) is 0.0516. The Morgan fingerprint density at radius 1 is 0.789 bits per heavy atom. The number of fused-ring (bicyclic) bond motifs is 2. The molecule has 382 valence electrons. The summed E-state index contributed by atoms with van der Waals surface area (Å²) < 4.78 is 72.1. The van der Waals surface area contributed by atoms with E-state index in [2.05, 4.69) is 4.90 Å². The van der Waals surface area contributed by atoms with E-state index in [1.165, 1.54) is 9.87 Å². The van der Waals surface area contributed by atoms with Gasteiger partial charge in [-0.15, -0.1) is 0 Å². The third-order valence-corrected chi connectivity index (χ3v) is 15.8. The van der Waals surface area contributed by atoms with Crippen LogP contribution in [0.2, 0.25) is 5.02 Å². The van der Waals surface area contributed by atoms with Crippen molar-refractivity contribution in [3.8, 4) is 23.0 Å². The van der Waals surface area contributed by atoms with Gasteiger partial charge >= 0.3 is 5.97 Å². The average molecular weight is 1010 g/mol. The fourth-order valence-electron chi connectivity index (χ4n) is 9.24. The number of hydrogen-bond donors (Lipinski definition) is 0. The lowest BCUT2D eigenvalue weighted by atomic mass is 9.69. The number of aryl methyl sites for hydroxylation is 1. The van der Waals surface area contributed by atoms with Crippen molar-refractivity contribution in [2.75, 3.05) is 52.5 Å². The Morgan fingerprint density at radius 3 is 1.99 bits per heavy atom. The van der Waals surface area contributed by atoms with Crippen LogP contribution in [0.4, 0.5) is 5.69 Å². The SMILES string of the molecule is COc1ccc(CO[C@@H](CCOC[C@@H](C)S(=O)(=O)N(Cc2ccc(OC)cc2)Cc2ccc(OC)cc2)[C@@H]2CC[C@H]2CN2CCCCc3cc(Cl)ccc3COc3ccc(C(=O)OC(C)(C)C)cc32)cc1. The number of hydrogen-bond acceptors (Lipinski definition) is 11. The average Bonchev–Trinajstić information content (AvgIpc) is 3.38. The highest BCUT2D eigenvalue weighted by Gasteiger charge is 2.39. The van der Waals surface area contributed by atoms with E-state index >= 15 is 0 Å². The minimum atomic E-state index is -3.84. The zero-order valence-electron chi connectivity index (χ0n) is 42.4. The number of halogens is 1. The molecule has 1 fully saturated rings. The molecule has 0 saturated heterocycles. The Bertz CT molecular complexity index is 2550. The monoisotopic (exact) mass is 1010 g/mol. The lowest BCUT2D eigenvalue weighted by molar-refractivity contribution is -0.0653. The molecule has 0 radical (unpaired) electrons. The van der Waals surface area contributed by atoms with Gasteiger partial charge in [-0.25, -0.2) is 13.2 Å². The largest absolute Gasteiger partial charge is 0.497 e. The van der Waals surface area contributed by atoms with Crippen molar-refractivity contribution in [3.05, 3.63) is 148 Å². The molecule has 71 heavy (non-hydrogen) atoms. The maximum Gasteiger partial charge on any atom is 0.338 e. The zero-order chi connectivity index (χ0) is 50.5. The van der Waals surface area contributed by atoms with E-state index in [-0.39, 0.29) is 43.6 Å². The van der Waals surface area contributed by atoms with Gasteiger partial charge in [0.25, 0.3) is 0 Å². The maximum absolute atomic E-state index is 14.4. The number of anilines is 1. The third-order valence-electron chi connectivity index (χ3n) is 13.4. The molecule has 2 aliphatic rings. The van der Waals surface area contributed by atoms with Crippen molar-refractivity contribution in [2.24, 2.45) is 11.8 Å². The molecule has 0 N–H and O–H groups in total. The van der Waals surface area contributed by atoms with Crippen molar-refractivity contribution in [2.45, 2.75) is 109 Å². The molecule has 0 aromatic heterocycles. The summed E-state index contributed by atoms with van der Waals surface area (Å²) in [6.07, 6.45) is 5.14. The summed E-state index contributed by atoms with van der Waals surface area (Å²) in [4.78, 5) is 15.9. The number of esters is 1. The smallest absolute Gasteiger partial charge is 0.338 e. The van der Waals surface area contributed by atoms with Gasteiger partial charge in [0.05, 0.1) is 57.1 Å². The molecule has 0 unspecified atom stereocenters. The molecular formula is C57H71ClN2O10S. The second-order valence-corrected chi connectivity index (χ2v) is 22.5. The first-order chi connectivity index (χ1) is 34.1. The highest BCUT2D eigenvalue weighted by molar-refractivity contribution is 7.89. The number of benzene rings is 5. The molecule has 1 aliphatic heterocycles. The number of sulfonamides is 1. The number of rotatable bonds is 21. The predicted octanol–water partition coefficient (Wildman–Crippen LogP) is 11.5. The molecule has 0 spiro atoms. The molecule has 1 heterocycles. The molecule has 1 aliphatic carbocycles. The van der Waals surface area contributed by atoms with Crippen molar-refractivity contribution in [1.29, 1.82) is 0 Å². The summed E-state index contributed by atoms with van der Waals surface area (Å²) >= 11 is 6.46. The van der Waals surface area contributed by atoms with Crippen molar-refractivity contribution >= 4 is 33.3 Å². The fraction of sp³-hybridized carbons (Fsp3) is 0.456. The van der Waals surface area contributed by atoms with Crippen molar-refractivity contribution in [1.82, 2.24) is 4.31 Å². The van der Waals surface area contributed by atoms with E-state index in [0.717, 1.165) is 78.9 Å². The second-order valence-electron chi connectivity index (χ2n) is 19.7. The van der Waals surface area contributed by atoms with Crippen LogP contribution in [0.15, 0.2) is 109 Å². The van der Waals surface area contributed by atoms with Crippen LogP contribution < -0.4 is 23.8 Å².